The van der Waals surface area contributed by atoms with E-state index < -0.39 is 0 Å². The highest BCUT2D eigenvalue weighted by molar-refractivity contribution is 5.90. The van der Waals surface area contributed by atoms with E-state index in [2.05, 4.69) is 30.3 Å². The van der Waals surface area contributed by atoms with Crippen LogP contribution in [0, 0.1) is 0 Å². The zero-order valence-corrected chi connectivity index (χ0v) is 20.6. The van der Waals surface area contributed by atoms with Crippen LogP contribution in [-0.2, 0) is 14.2 Å². The Morgan fingerprint density at radius 1 is 0.946 bits per heavy atom. The number of nitrogens with zero attached hydrogens (tertiary/aromatic N) is 6. The van der Waals surface area contributed by atoms with E-state index >= 15 is 0 Å². The Balaban J connectivity index is 1.28. The number of furan rings is 1. The summed E-state index contributed by atoms with van der Waals surface area (Å²) in [7, 11) is 0. The first kappa shape index (κ1) is 24.7. The van der Waals surface area contributed by atoms with Crippen LogP contribution in [0.5, 0.6) is 0 Å². The lowest BCUT2D eigenvalue weighted by molar-refractivity contribution is 0.0526. The summed E-state index contributed by atoms with van der Waals surface area (Å²) in [5.74, 6) is 2.37. The van der Waals surface area contributed by atoms with Crippen molar-refractivity contribution < 1.29 is 23.4 Å². The fourth-order valence-corrected chi connectivity index (χ4v) is 3.93. The average Bonchev–Trinajstić information content (AvgIpc) is 3.43. The molecule has 0 aliphatic carbocycles. The van der Waals surface area contributed by atoms with Gasteiger partial charge in [0.25, 0.3) is 0 Å². The Morgan fingerprint density at radius 3 is 2.16 bits per heavy atom. The summed E-state index contributed by atoms with van der Waals surface area (Å²) in [4.78, 5) is 29.8. The molecule has 12 nitrogen and oxygen atoms in total. The van der Waals surface area contributed by atoms with Gasteiger partial charge in [0, 0.05) is 31.7 Å². The summed E-state index contributed by atoms with van der Waals surface area (Å²) in [5, 5.41) is 4.28. The molecule has 0 amide bonds. The molecule has 194 valence electrons. The number of carbonyl (C=O) groups excluding carboxylic acids is 1. The van der Waals surface area contributed by atoms with Crippen molar-refractivity contribution in [1.29, 1.82) is 0 Å². The fraction of sp³-hybridized carbons (Fsp3) is 0.400. The summed E-state index contributed by atoms with van der Waals surface area (Å²) in [5.41, 5.74) is 4.24. The average molecular weight is 508 g/mol. The van der Waals surface area contributed by atoms with Crippen LogP contribution >= 0.6 is 0 Å². The first-order chi connectivity index (χ1) is 18.2. The minimum Gasteiger partial charge on any atom is -0.462 e. The maximum absolute atomic E-state index is 11.9. The molecule has 2 saturated heterocycles. The number of ether oxygens (including phenoxy) is 3. The molecule has 2 aromatic heterocycles. The molecule has 1 aromatic carbocycles. The number of aromatic nitrogens is 3. The number of benzene rings is 1. The third-order valence-electron chi connectivity index (χ3n) is 5.86. The summed E-state index contributed by atoms with van der Waals surface area (Å²) in [6.45, 7) is 7.49. The number of hydrazone groups is 1. The van der Waals surface area contributed by atoms with E-state index in [9.17, 15) is 4.79 Å². The van der Waals surface area contributed by atoms with Gasteiger partial charge in [-0.25, -0.2) is 10.2 Å². The SMILES string of the molecule is CCOC(=O)c1ccc(-c2ccc(/C=N\Nc3nc(N4CCOCC4)nc(N4CCOCC4)n3)o2)cc1. The molecule has 0 saturated carbocycles. The van der Waals surface area contributed by atoms with Gasteiger partial charge in [-0.1, -0.05) is 12.1 Å². The molecular weight excluding hydrogens is 478 g/mol. The normalized spacial score (nSPS) is 16.2. The molecule has 2 aliphatic heterocycles. The minimum absolute atomic E-state index is 0.336. The molecule has 0 unspecified atom stereocenters. The van der Waals surface area contributed by atoms with Crippen molar-refractivity contribution in [3.8, 4) is 11.3 Å². The van der Waals surface area contributed by atoms with Gasteiger partial charge in [0.2, 0.25) is 17.8 Å². The van der Waals surface area contributed by atoms with E-state index in [1.807, 2.05) is 24.3 Å². The lowest BCUT2D eigenvalue weighted by Gasteiger charge is -2.30. The van der Waals surface area contributed by atoms with Crippen molar-refractivity contribution in [3.05, 3.63) is 47.7 Å². The van der Waals surface area contributed by atoms with E-state index in [1.165, 1.54) is 0 Å². The van der Waals surface area contributed by atoms with Crippen LogP contribution in [0.3, 0.4) is 0 Å². The van der Waals surface area contributed by atoms with Crippen molar-refractivity contribution in [2.75, 3.05) is 74.4 Å². The predicted molar refractivity (Wildman–Crippen MR) is 137 cm³/mol. The van der Waals surface area contributed by atoms with Crippen molar-refractivity contribution in [2.24, 2.45) is 5.10 Å². The molecule has 0 bridgehead atoms. The molecule has 1 N–H and O–H groups in total. The van der Waals surface area contributed by atoms with Crippen LogP contribution in [0.25, 0.3) is 11.3 Å². The molecule has 12 heteroatoms. The van der Waals surface area contributed by atoms with Crippen LogP contribution in [0.15, 0.2) is 45.9 Å². The number of morpholine rings is 2. The number of rotatable bonds is 8. The zero-order valence-electron chi connectivity index (χ0n) is 20.6. The smallest absolute Gasteiger partial charge is 0.338 e. The Morgan fingerprint density at radius 2 is 1.57 bits per heavy atom. The largest absolute Gasteiger partial charge is 0.462 e. The Hall–Kier alpha value is -4.03. The van der Waals surface area contributed by atoms with Crippen molar-refractivity contribution in [3.63, 3.8) is 0 Å². The second-order valence-electron chi connectivity index (χ2n) is 8.33. The molecule has 0 radical (unpaired) electrons. The van der Waals surface area contributed by atoms with E-state index in [-0.39, 0.29) is 5.97 Å². The third kappa shape index (κ3) is 6.22. The molecule has 0 spiro atoms. The van der Waals surface area contributed by atoms with Gasteiger partial charge in [-0.2, -0.15) is 20.1 Å². The van der Waals surface area contributed by atoms with Crippen molar-refractivity contribution in [2.45, 2.75) is 6.92 Å². The van der Waals surface area contributed by atoms with Crippen LogP contribution in [0.4, 0.5) is 17.8 Å². The number of nitrogens with one attached hydrogen (secondary N) is 1. The summed E-state index contributed by atoms with van der Waals surface area (Å²) in [6, 6.07) is 10.7. The van der Waals surface area contributed by atoms with E-state index in [4.69, 9.17) is 23.6 Å². The molecule has 2 aliphatic rings. The fourth-order valence-electron chi connectivity index (χ4n) is 3.93. The minimum atomic E-state index is -0.348. The van der Waals surface area contributed by atoms with Gasteiger partial charge in [0.15, 0.2) is 0 Å². The maximum Gasteiger partial charge on any atom is 0.338 e. The molecule has 37 heavy (non-hydrogen) atoms. The zero-order chi connectivity index (χ0) is 25.5. The lowest BCUT2D eigenvalue weighted by Crippen LogP contribution is -2.40. The number of carbonyl (C=O) groups is 1. The van der Waals surface area contributed by atoms with Gasteiger partial charge in [0.05, 0.1) is 44.8 Å². The highest BCUT2D eigenvalue weighted by Crippen LogP contribution is 2.23. The van der Waals surface area contributed by atoms with Crippen LogP contribution in [-0.4, -0.2) is 86.3 Å². The van der Waals surface area contributed by atoms with Crippen LogP contribution in [0.1, 0.15) is 23.0 Å². The third-order valence-corrected chi connectivity index (χ3v) is 5.86. The number of hydrogen-bond acceptors (Lipinski definition) is 12. The van der Waals surface area contributed by atoms with Crippen LogP contribution in [0.2, 0.25) is 0 Å². The van der Waals surface area contributed by atoms with Gasteiger partial charge in [-0.3, -0.25) is 0 Å². The molecular formula is C25H29N7O5. The summed E-state index contributed by atoms with van der Waals surface area (Å²) in [6.07, 6.45) is 1.56. The van der Waals surface area contributed by atoms with E-state index in [1.54, 1.807) is 25.3 Å². The van der Waals surface area contributed by atoms with Crippen LogP contribution < -0.4 is 15.2 Å². The van der Waals surface area contributed by atoms with E-state index in [0.29, 0.717) is 94.1 Å². The lowest BCUT2D eigenvalue weighted by atomic mass is 10.1. The Kier molecular flexibility index (Phi) is 7.87. The number of anilines is 3. The quantitative estimate of drug-likeness (QED) is 0.274. The molecule has 2 fully saturated rings. The van der Waals surface area contributed by atoms with Crippen molar-refractivity contribution >= 4 is 30.0 Å². The monoisotopic (exact) mass is 507 g/mol. The summed E-state index contributed by atoms with van der Waals surface area (Å²) < 4.78 is 21.8. The molecule has 4 heterocycles. The predicted octanol–water partition coefficient (Wildman–Crippen LogP) is 2.43. The molecule has 3 aromatic rings. The van der Waals surface area contributed by atoms with E-state index in [0.717, 1.165) is 5.56 Å². The highest BCUT2D eigenvalue weighted by Gasteiger charge is 2.20. The van der Waals surface area contributed by atoms with Gasteiger partial charge in [-0.05, 0) is 31.2 Å². The molecule has 5 rings (SSSR count). The summed E-state index contributed by atoms with van der Waals surface area (Å²) >= 11 is 0. The second-order valence-corrected chi connectivity index (χ2v) is 8.33. The number of esters is 1. The molecule has 0 atom stereocenters. The van der Waals surface area contributed by atoms with Gasteiger partial charge >= 0.3 is 5.97 Å². The van der Waals surface area contributed by atoms with Gasteiger partial charge < -0.3 is 28.4 Å². The van der Waals surface area contributed by atoms with Gasteiger partial charge in [0.1, 0.15) is 11.5 Å². The topological polar surface area (TPSA) is 127 Å². The Bertz CT molecular complexity index is 1180. The standard InChI is InChI=1S/C25H29N7O5/c1-2-36-22(33)19-5-3-18(4-6-19)21-8-7-20(37-21)17-26-30-23-27-24(31-9-13-34-14-10-31)29-25(28-23)32-11-15-35-16-12-32/h3-8,17H,2,9-16H2,1H3,(H,27,28,29,30)/b26-17-. The second kappa shape index (κ2) is 11.8. The Labute approximate surface area is 214 Å². The number of hydrogen-bond donors (Lipinski definition) is 1. The highest BCUT2D eigenvalue weighted by atomic mass is 16.5. The maximum atomic E-state index is 11.9. The van der Waals surface area contributed by atoms with Gasteiger partial charge in [-0.15, -0.1) is 0 Å². The first-order valence-electron chi connectivity index (χ1n) is 12.3. The first-order valence-corrected chi connectivity index (χ1v) is 12.3. The van der Waals surface area contributed by atoms with Crippen molar-refractivity contribution in [1.82, 2.24) is 15.0 Å².